The summed E-state index contributed by atoms with van der Waals surface area (Å²) in [7, 11) is 1.33. The van der Waals surface area contributed by atoms with Crippen LogP contribution in [-0.2, 0) is 4.74 Å². The zero-order chi connectivity index (χ0) is 20.1. The number of aryl methyl sites for hydroxylation is 1. The number of nitrogens with one attached hydrogen (secondary N) is 1. The Hall–Kier alpha value is -3.74. The van der Waals surface area contributed by atoms with E-state index in [2.05, 4.69) is 20.1 Å². The van der Waals surface area contributed by atoms with Gasteiger partial charge in [0.25, 0.3) is 5.56 Å². The Kier molecular flexibility index (Phi) is 5.64. The number of carbonyl (C=O) groups excluding carboxylic acids is 1. The van der Waals surface area contributed by atoms with Crippen molar-refractivity contribution in [1.82, 2.24) is 9.78 Å². The first-order valence-corrected chi connectivity index (χ1v) is 8.64. The normalized spacial score (nSPS) is 11.8. The molecule has 0 fully saturated rings. The van der Waals surface area contributed by atoms with E-state index in [1.807, 2.05) is 44.2 Å². The molecule has 28 heavy (non-hydrogen) atoms. The van der Waals surface area contributed by atoms with Crippen molar-refractivity contribution in [3.63, 3.8) is 0 Å². The van der Waals surface area contributed by atoms with Crippen LogP contribution in [0, 0.1) is 6.92 Å². The van der Waals surface area contributed by atoms with Gasteiger partial charge in [-0.25, -0.2) is 9.48 Å². The number of allylic oxidation sites excluding steroid dienone is 1. The van der Waals surface area contributed by atoms with E-state index >= 15 is 0 Å². The number of carbonyl (C=O) groups is 1. The monoisotopic (exact) mass is 376 g/mol. The predicted octanol–water partition coefficient (Wildman–Crippen LogP) is 4.41. The number of azo groups is 1. The minimum Gasteiger partial charge on any atom is -0.465 e. The number of nitrogens with zero attached hydrogens (tertiary/aromatic N) is 3. The van der Waals surface area contributed by atoms with Crippen molar-refractivity contribution in [1.29, 1.82) is 0 Å². The quantitative estimate of drug-likeness (QED) is 0.528. The summed E-state index contributed by atoms with van der Waals surface area (Å²) in [4.78, 5) is 24.2. The highest BCUT2D eigenvalue weighted by Crippen LogP contribution is 2.17. The van der Waals surface area contributed by atoms with Crippen molar-refractivity contribution in [2.45, 2.75) is 13.8 Å². The van der Waals surface area contributed by atoms with E-state index in [1.54, 1.807) is 30.5 Å². The number of hydrogen-bond donors (Lipinski definition) is 1. The number of methoxy groups -OCH3 is 1. The molecule has 3 aromatic rings. The van der Waals surface area contributed by atoms with Crippen LogP contribution in [0.3, 0.4) is 0 Å². The Morgan fingerprint density at radius 1 is 1.11 bits per heavy atom. The van der Waals surface area contributed by atoms with E-state index in [1.165, 1.54) is 11.8 Å². The van der Waals surface area contributed by atoms with E-state index in [4.69, 9.17) is 0 Å². The van der Waals surface area contributed by atoms with Crippen LogP contribution in [0.25, 0.3) is 11.3 Å². The lowest BCUT2D eigenvalue weighted by molar-refractivity contribution is 0.0601. The van der Waals surface area contributed by atoms with Gasteiger partial charge in [-0.3, -0.25) is 9.89 Å². The topological polar surface area (TPSA) is 88.8 Å². The Balaban J connectivity index is 1.82. The SMILES string of the molecule is COC(=O)c1ccc(N=N/C=C(\C)c2c(C)[nH]n(-c3ccccc3)c2=O)cc1. The maximum atomic E-state index is 12.8. The Labute approximate surface area is 162 Å². The lowest BCUT2D eigenvalue weighted by Crippen LogP contribution is -2.16. The summed E-state index contributed by atoms with van der Waals surface area (Å²) in [6, 6.07) is 15.9. The molecule has 0 amide bonds. The third-order valence-electron chi connectivity index (χ3n) is 4.19. The fourth-order valence-electron chi connectivity index (χ4n) is 2.80. The van der Waals surface area contributed by atoms with Crippen molar-refractivity contribution >= 4 is 17.2 Å². The number of benzene rings is 2. The van der Waals surface area contributed by atoms with E-state index in [0.717, 1.165) is 11.4 Å². The zero-order valence-electron chi connectivity index (χ0n) is 15.8. The Morgan fingerprint density at radius 2 is 1.79 bits per heavy atom. The highest BCUT2D eigenvalue weighted by Gasteiger charge is 2.13. The average molecular weight is 376 g/mol. The molecule has 0 saturated carbocycles. The van der Waals surface area contributed by atoms with Crippen LogP contribution in [0.1, 0.15) is 28.5 Å². The molecule has 0 aliphatic carbocycles. The molecule has 0 aliphatic rings. The van der Waals surface area contributed by atoms with Crippen LogP contribution in [0.2, 0.25) is 0 Å². The van der Waals surface area contributed by atoms with Crippen LogP contribution >= 0.6 is 0 Å². The molecule has 0 radical (unpaired) electrons. The summed E-state index contributed by atoms with van der Waals surface area (Å²) < 4.78 is 6.16. The minimum atomic E-state index is -0.406. The minimum absolute atomic E-state index is 0.143. The second kappa shape index (κ2) is 8.30. The summed E-state index contributed by atoms with van der Waals surface area (Å²) in [6.45, 7) is 3.66. The van der Waals surface area contributed by atoms with Crippen molar-refractivity contribution < 1.29 is 9.53 Å². The number of para-hydroxylation sites is 1. The number of aromatic nitrogens is 2. The summed E-state index contributed by atoms with van der Waals surface area (Å²) in [5.74, 6) is -0.406. The third-order valence-corrected chi connectivity index (χ3v) is 4.19. The Bertz CT molecular complexity index is 1090. The van der Waals surface area contributed by atoms with E-state index in [-0.39, 0.29) is 5.56 Å². The molecular weight excluding hydrogens is 356 g/mol. The first kappa shape index (κ1) is 19.0. The fourth-order valence-corrected chi connectivity index (χ4v) is 2.80. The largest absolute Gasteiger partial charge is 0.465 e. The smallest absolute Gasteiger partial charge is 0.337 e. The van der Waals surface area contributed by atoms with Crippen LogP contribution < -0.4 is 5.56 Å². The molecule has 0 aliphatic heterocycles. The number of aromatic amines is 1. The fraction of sp³-hybridized carbons (Fsp3) is 0.143. The molecule has 1 N–H and O–H groups in total. The molecule has 3 rings (SSSR count). The number of esters is 1. The lowest BCUT2D eigenvalue weighted by Gasteiger charge is -1.99. The molecule has 142 valence electrons. The van der Waals surface area contributed by atoms with Gasteiger partial charge >= 0.3 is 5.97 Å². The molecular formula is C21H20N4O3. The number of rotatable bonds is 5. The van der Waals surface area contributed by atoms with Crippen LogP contribution in [0.15, 0.2) is 75.8 Å². The van der Waals surface area contributed by atoms with E-state index < -0.39 is 5.97 Å². The molecule has 0 unspecified atom stereocenters. The van der Waals surface area contributed by atoms with Gasteiger partial charge in [0.2, 0.25) is 0 Å². The van der Waals surface area contributed by atoms with Gasteiger partial charge in [0.1, 0.15) is 0 Å². The highest BCUT2D eigenvalue weighted by atomic mass is 16.5. The molecule has 1 aromatic heterocycles. The first-order valence-electron chi connectivity index (χ1n) is 8.64. The number of hydrogen-bond acceptors (Lipinski definition) is 5. The second-order valence-corrected chi connectivity index (χ2v) is 6.15. The van der Waals surface area contributed by atoms with Gasteiger partial charge in [-0.1, -0.05) is 18.2 Å². The predicted molar refractivity (Wildman–Crippen MR) is 107 cm³/mol. The number of ether oxygens (including phenoxy) is 1. The maximum absolute atomic E-state index is 12.8. The summed E-state index contributed by atoms with van der Waals surface area (Å²) in [6.07, 6.45) is 1.54. The molecule has 0 atom stereocenters. The maximum Gasteiger partial charge on any atom is 0.337 e. The van der Waals surface area contributed by atoms with Gasteiger partial charge in [0, 0.05) is 5.69 Å². The Morgan fingerprint density at radius 3 is 2.43 bits per heavy atom. The van der Waals surface area contributed by atoms with Crippen LogP contribution in [0.4, 0.5) is 5.69 Å². The van der Waals surface area contributed by atoms with Crippen molar-refractivity contribution in [3.8, 4) is 5.69 Å². The zero-order valence-corrected chi connectivity index (χ0v) is 15.8. The third kappa shape index (κ3) is 3.98. The van der Waals surface area contributed by atoms with Crippen molar-refractivity contribution in [2.75, 3.05) is 7.11 Å². The number of H-pyrrole nitrogens is 1. The van der Waals surface area contributed by atoms with Gasteiger partial charge in [-0.15, -0.1) is 0 Å². The highest BCUT2D eigenvalue weighted by molar-refractivity contribution is 5.89. The molecule has 0 spiro atoms. The molecule has 1 heterocycles. The molecule has 2 aromatic carbocycles. The molecule has 0 bridgehead atoms. The molecule has 7 nitrogen and oxygen atoms in total. The van der Waals surface area contributed by atoms with Gasteiger partial charge in [0.15, 0.2) is 0 Å². The first-order chi connectivity index (χ1) is 13.5. The second-order valence-electron chi connectivity index (χ2n) is 6.15. The lowest BCUT2D eigenvalue weighted by atomic mass is 10.1. The van der Waals surface area contributed by atoms with Crippen LogP contribution in [0.5, 0.6) is 0 Å². The molecule has 7 heteroatoms. The average Bonchev–Trinajstić information content (AvgIpc) is 3.02. The standard InChI is InChI=1S/C21H20N4O3/c1-14(13-22-23-17-11-9-16(10-12-17)21(27)28-3)19-15(2)24-25(20(19)26)18-7-5-4-6-8-18/h4-13,24H,1-3H3/b14-13+,23-22?. The van der Waals surface area contributed by atoms with Gasteiger partial charge in [-0.05, 0) is 55.8 Å². The summed E-state index contributed by atoms with van der Waals surface area (Å²) in [5.41, 5.74) is 3.66. The van der Waals surface area contributed by atoms with Crippen LogP contribution in [-0.4, -0.2) is 22.9 Å². The van der Waals surface area contributed by atoms with Gasteiger partial charge in [-0.2, -0.15) is 10.2 Å². The van der Waals surface area contributed by atoms with E-state index in [9.17, 15) is 9.59 Å². The summed E-state index contributed by atoms with van der Waals surface area (Å²) in [5, 5.41) is 11.2. The van der Waals surface area contributed by atoms with Crippen molar-refractivity contribution in [2.24, 2.45) is 10.2 Å². The van der Waals surface area contributed by atoms with Crippen molar-refractivity contribution in [3.05, 3.63) is 88.0 Å². The van der Waals surface area contributed by atoms with E-state index in [0.29, 0.717) is 22.4 Å². The summed E-state index contributed by atoms with van der Waals surface area (Å²) >= 11 is 0. The van der Waals surface area contributed by atoms with Gasteiger partial charge in [0.05, 0.1) is 35.8 Å². The molecule has 0 saturated heterocycles. The van der Waals surface area contributed by atoms with Gasteiger partial charge < -0.3 is 4.74 Å².